The molecule has 0 unspecified atom stereocenters. The summed E-state index contributed by atoms with van der Waals surface area (Å²) in [6.07, 6.45) is 1.72. The number of hydrogen-bond acceptors (Lipinski definition) is 3. The Morgan fingerprint density at radius 2 is 1.89 bits per heavy atom. The van der Waals surface area contributed by atoms with Crippen LogP contribution >= 0.6 is 11.6 Å². The third kappa shape index (κ3) is 1.89. The van der Waals surface area contributed by atoms with Gasteiger partial charge in [0.25, 0.3) is 0 Å². The second kappa shape index (κ2) is 4.27. The van der Waals surface area contributed by atoms with Crippen molar-refractivity contribution in [1.29, 1.82) is 0 Å². The number of nitrogen functional groups attached to an aromatic ring is 1. The molecule has 0 saturated heterocycles. The second-order valence-corrected chi connectivity index (χ2v) is 4.35. The number of hydrogen-bond donors (Lipinski definition) is 1. The predicted molar refractivity (Wildman–Crippen MR) is 74.4 cm³/mol. The molecule has 4 heteroatoms. The molecule has 0 aliphatic heterocycles. The highest BCUT2D eigenvalue weighted by atomic mass is 35.5. The monoisotopic (exact) mass is 255 g/mol. The molecule has 1 aromatic heterocycles. The van der Waals surface area contributed by atoms with Gasteiger partial charge in [-0.3, -0.25) is 0 Å². The van der Waals surface area contributed by atoms with Crippen LogP contribution in [0.15, 0.2) is 48.7 Å². The van der Waals surface area contributed by atoms with E-state index in [0.717, 1.165) is 27.7 Å². The first kappa shape index (κ1) is 11.0. The second-order valence-electron chi connectivity index (χ2n) is 4.01. The highest BCUT2D eigenvalue weighted by Crippen LogP contribution is 2.28. The van der Waals surface area contributed by atoms with E-state index in [-0.39, 0.29) is 5.28 Å². The number of nitrogens with two attached hydrogens (primary N) is 1. The molecule has 0 bridgehead atoms. The maximum atomic E-state index is 5.86. The number of benzene rings is 2. The molecule has 3 rings (SSSR count). The van der Waals surface area contributed by atoms with Crippen LogP contribution in [0.2, 0.25) is 5.28 Å². The minimum absolute atomic E-state index is 0.249. The van der Waals surface area contributed by atoms with E-state index in [1.54, 1.807) is 6.20 Å². The molecule has 0 atom stereocenters. The van der Waals surface area contributed by atoms with Crippen molar-refractivity contribution in [2.24, 2.45) is 0 Å². The van der Waals surface area contributed by atoms with Crippen LogP contribution in [0.25, 0.3) is 22.0 Å². The number of anilines is 1. The molecule has 0 fully saturated rings. The molecule has 2 aromatic carbocycles. The topological polar surface area (TPSA) is 51.8 Å². The van der Waals surface area contributed by atoms with Gasteiger partial charge < -0.3 is 5.73 Å². The Kier molecular flexibility index (Phi) is 2.61. The van der Waals surface area contributed by atoms with Gasteiger partial charge in [0.2, 0.25) is 5.28 Å². The molecule has 2 N–H and O–H groups in total. The average molecular weight is 256 g/mol. The highest BCUT2D eigenvalue weighted by Gasteiger charge is 2.06. The number of fused-ring (bicyclic) bond motifs is 1. The SMILES string of the molecule is Nc1cccc(-c2cccc3cnc(Cl)nc23)c1. The maximum absolute atomic E-state index is 5.86. The summed E-state index contributed by atoms with van der Waals surface area (Å²) in [6.45, 7) is 0. The standard InChI is InChI=1S/C14H10ClN3/c15-14-17-8-10-4-2-6-12(13(10)18-14)9-3-1-5-11(16)7-9/h1-8H,16H2. The summed E-state index contributed by atoms with van der Waals surface area (Å²) >= 11 is 5.86. The summed E-state index contributed by atoms with van der Waals surface area (Å²) in [5.74, 6) is 0. The quantitative estimate of drug-likeness (QED) is 0.535. The first-order chi connectivity index (χ1) is 8.74. The van der Waals surface area contributed by atoms with Crippen LogP contribution in [0.5, 0.6) is 0 Å². The summed E-state index contributed by atoms with van der Waals surface area (Å²) in [7, 11) is 0. The van der Waals surface area contributed by atoms with Gasteiger partial charge in [-0.05, 0) is 29.3 Å². The van der Waals surface area contributed by atoms with E-state index in [1.165, 1.54) is 0 Å². The van der Waals surface area contributed by atoms with Crippen LogP contribution in [-0.4, -0.2) is 9.97 Å². The molecule has 0 aliphatic carbocycles. The van der Waals surface area contributed by atoms with Gasteiger partial charge in [-0.1, -0.05) is 30.3 Å². The van der Waals surface area contributed by atoms with Crippen molar-refractivity contribution >= 4 is 28.2 Å². The Morgan fingerprint density at radius 3 is 2.72 bits per heavy atom. The molecule has 0 spiro atoms. The van der Waals surface area contributed by atoms with Gasteiger partial charge in [-0.15, -0.1) is 0 Å². The zero-order chi connectivity index (χ0) is 12.5. The Labute approximate surface area is 109 Å². The van der Waals surface area contributed by atoms with E-state index in [2.05, 4.69) is 9.97 Å². The van der Waals surface area contributed by atoms with Crippen LogP contribution in [0.3, 0.4) is 0 Å². The van der Waals surface area contributed by atoms with Gasteiger partial charge in [-0.2, -0.15) is 0 Å². The van der Waals surface area contributed by atoms with Gasteiger partial charge in [0, 0.05) is 22.8 Å². The smallest absolute Gasteiger partial charge is 0.222 e. The zero-order valence-corrected chi connectivity index (χ0v) is 10.2. The average Bonchev–Trinajstić information content (AvgIpc) is 2.38. The van der Waals surface area contributed by atoms with Crippen molar-refractivity contribution in [3.8, 4) is 11.1 Å². The molecule has 3 aromatic rings. The van der Waals surface area contributed by atoms with Crippen molar-refractivity contribution < 1.29 is 0 Å². The largest absolute Gasteiger partial charge is 0.399 e. The summed E-state index contributed by atoms with van der Waals surface area (Å²) in [5.41, 5.74) is 9.40. The van der Waals surface area contributed by atoms with E-state index in [4.69, 9.17) is 17.3 Å². The van der Waals surface area contributed by atoms with E-state index >= 15 is 0 Å². The number of halogens is 1. The van der Waals surface area contributed by atoms with Gasteiger partial charge in [0.1, 0.15) is 0 Å². The Morgan fingerprint density at radius 1 is 1.06 bits per heavy atom. The summed E-state index contributed by atoms with van der Waals surface area (Å²) < 4.78 is 0. The normalized spacial score (nSPS) is 10.7. The van der Waals surface area contributed by atoms with Crippen molar-refractivity contribution in [3.05, 3.63) is 53.9 Å². The Balaban J connectivity index is 2.32. The van der Waals surface area contributed by atoms with Crippen molar-refractivity contribution in [1.82, 2.24) is 9.97 Å². The van der Waals surface area contributed by atoms with Crippen LogP contribution in [-0.2, 0) is 0 Å². The van der Waals surface area contributed by atoms with Gasteiger partial charge in [-0.25, -0.2) is 9.97 Å². The fraction of sp³-hybridized carbons (Fsp3) is 0. The fourth-order valence-corrected chi connectivity index (χ4v) is 2.11. The molecule has 18 heavy (non-hydrogen) atoms. The first-order valence-electron chi connectivity index (χ1n) is 5.51. The van der Waals surface area contributed by atoms with Gasteiger partial charge in [0.05, 0.1) is 5.52 Å². The fourth-order valence-electron chi connectivity index (χ4n) is 1.97. The summed E-state index contributed by atoms with van der Waals surface area (Å²) in [5, 5.41) is 1.21. The van der Waals surface area contributed by atoms with E-state index < -0.39 is 0 Å². The number of rotatable bonds is 1. The van der Waals surface area contributed by atoms with E-state index in [9.17, 15) is 0 Å². The van der Waals surface area contributed by atoms with Crippen molar-refractivity contribution in [2.75, 3.05) is 5.73 Å². The molecule has 3 nitrogen and oxygen atoms in total. The lowest BCUT2D eigenvalue weighted by Crippen LogP contribution is -1.89. The first-order valence-corrected chi connectivity index (χ1v) is 5.89. The highest BCUT2D eigenvalue weighted by molar-refractivity contribution is 6.28. The minimum atomic E-state index is 0.249. The maximum Gasteiger partial charge on any atom is 0.222 e. The molecule has 0 saturated carbocycles. The zero-order valence-electron chi connectivity index (χ0n) is 9.47. The van der Waals surface area contributed by atoms with Gasteiger partial charge in [0.15, 0.2) is 0 Å². The van der Waals surface area contributed by atoms with Gasteiger partial charge >= 0.3 is 0 Å². The molecular weight excluding hydrogens is 246 g/mol. The molecule has 1 heterocycles. The third-order valence-corrected chi connectivity index (χ3v) is 2.96. The lowest BCUT2D eigenvalue weighted by molar-refractivity contribution is 1.22. The molecule has 0 aliphatic rings. The van der Waals surface area contributed by atoms with Crippen molar-refractivity contribution in [2.45, 2.75) is 0 Å². The minimum Gasteiger partial charge on any atom is -0.399 e. The lowest BCUT2D eigenvalue weighted by Gasteiger charge is -2.06. The van der Waals surface area contributed by atoms with Crippen LogP contribution < -0.4 is 5.73 Å². The predicted octanol–water partition coefficient (Wildman–Crippen LogP) is 3.53. The Hall–Kier alpha value is -2.13. The van der Waals surface area contributed by atoms with Crippen LogP contribution in [0, 0.1) is 0 Å². The molecule has 0 radical (unpaired) electrons. The number of nitrogens with zero attached hydrogens (tertiary/aromatic N) is 2. The molecule has 0 amide bonds. The summed E-state index contributed by atoms with van der Waals surface area (Å²) in [6, 6.07) is 13.6. The van der Waals surface area contributed by atoms with Crippen LogP contribution in [0.1, 0.15) is 0 Å². The number of para-hydroxylation sites is 1. The molecule has 88 valence electrons. The van der Waals surface area contributed by atoms with Crippen molar-refractivity contribution in [3.63, 3.8) is 0 Å². The van der Waals surface area contributed by atoms with Crippen LogP contribution in [0.4, 0.5) is 5.69 Å². The van der Waals surface area contributed by atoms with E-state index in [0.29, 0.717) is 0 Å². The Bertz CT molecular complexity index is 725. The number of aromatic nitrogens is 2. The third-order valence-electron chi connectivity index (χ3n) is 2.78. The summed E-state index contributed by atoms with van der Waals surface area (Å²) in [4.78, 5) is 8.28. The molecular formula is C14H10ClN3. The lowest BCUT2D eigenvalue weighted by atomic mass is 10.0. The van der Waals surface area contributed by atoms with E-state index in [1.807, 2.05) is 42.5 Å².